The van der Waals surface area contributed by atoms with E-state index < -0.39 is 86.8 Å². The fraction of sp³-hybridized carbons (Fsp3) is 0.986. The Hall–Kier alpha value is -1.01. The fourth-order valence-electron chi connectivity index (χ4n) is 13.1. The predicted molar refractivity (Wildman–Crippen MR) is 356 cm³/mol. The van der Waals surface area contributed by atoms with Crippen LogP contribution < -0.4 is 5.32 Å². The molecular formula is C73H143NO13. The lowest BCUT2D eigenvalue weighted by Crippen LogP contribution is -2.65. The third-order valence-electron chi connectivity index (χ3n) is 19.1. The summed E-state index contributed by atoms with van der Waals surface area (Å²) in [4.78, 5) is 13.3. The van der Waals surface area contributed by atoms with Crippen LogP contribution in [0.4, 0.5) is 0 Å². The van der Waals surface area contributed by atoms with Gasteiger partial charge in [-0.3, -0.25) is 4.79 Å². The van der Waals surface area contributed by atoms with Crippen molar-refractivity contribution in [3.8, 4) is 0 Å². The number of hydrogen-bond donors (Lipinski definition) is 9. The molecule has 0 aromatic carbocycles. The van der Waals surface area contributed by atoms with Crippen LogP contribution in [0.15, 0.2) is 0 Å². The molecule has 2 aliphatic heterocycles. The van der Waals surface area contributed by atoms with Crippen molar-refractivity contribution in [2.75, 3.05) is 19.8 Å². The van der Waals surface area contributed by atoms with Crippen molar-refractivity contribution >= 4 is 5.91 Å². The Bertz CT molecular complexity index is 1460. The molecule has 0 aliphatic carbocycles. The molecule has 2 aliphatic rings. The molecule has 0 bridgehead atoms. The van der Waals surface area contributed by atoms with Crippen LogP contribution in [0.25, 0.3) is 0 Å². The summed E-state index contributed by atoms with van der Waals surface area (Å²) in [6, 6.07) is -0.823. The Morgan fingerprint density at radius 1 is 0.368 bits per heavy atom. The van der Waals surface area contributed by atoms with Gasteiger partial charge in [-0.05, 0) is 12.8 Å². The first kappa shape index (κ1) is 82.1. The number of hydrogen-bond acceptors (Lipinski definition) is 13. The lowest BCUT2D eigenvalue weighted by Gasteiger charge is -2.46. The van der Waals surface area contributed by atoms with Crippen molar-refractivity contribution in [2.24, 2.45) is 0 Å². The SMILES string of the molecule is CCCCCCCCCCCCCCCCCCCCCCCCCCCCCCCCCCCCCCCCCCCC(=O)NC(COC1OC(CO)C(OC2OC(CO)C(O)C(O)C2O)C(O)C1O)C(O)CCCCCCCCCCCCCC. The molecule has 14 nitrogen and oxygen atoms in total. The zero-order valence-corrected chi connectivity index (χ0v) is 56.6. The van der Waals surface area contributed by atoms with E-state index in [1.165, 1.54) is 289 Å². The number of unbranched alkanes of at least 4 members (excludes halogenated alkanes) is 51. The van der Waals surface area contributed by atoms with Crippen molar-refractivity contribution in [1.82, 2.24) is 5.32 Å². The van der Waals surface area contributed by atoms with E-state index in [1.54, 1.807) is 0 Å². The molecule has 0 aromatic rings. The summed E-state index contributed by atoms with van der Waals surface area (Å²) in [5, 5.41) is 87.4. The molecule has 9 N–H and O–H groups in total. The Morgan fingerprint density at radius 2 is 0.655 bits per heavy atom. The molecular weight excluding hydrogens is 1100 g/mol. The third kappa shape index (κ3) is 42.8. The van der Waals surface area contributed by atoms with Gasteiger partial charge in [-0.1, -0.05) is 348 Å². The lowest BCUT2D eigenvalue weighted by atomic mass is 9.97. The molecule has 2 rings (SSSR count). The number of carbonyl (C=O) groups excluding carboxylic acids is 1. The topological polar surface area (TPSA) is 228 Å². The van der Waals surface area contributed by atoms with E-state index in [-0.39, 0.29) is 12.5 Å². The summed E-state index contributed by atoms with van der Waals surface area (Å²) in [5.41, 5.74) is 0. The molecule has 0 spiro atoms. The first-order valence-electron chi connectivity index (χ1n) is 37.8. The van der Waals surface area contributed by atoms with Crippen molar-refractivity contribution in [3.05, 3.63) is 0 Å². The molecule has 14 heteroatoms. The number of amides is 1. The Balaban J connectivity index is 1.49. The summed E-state index contributed by atoms with van der Waals surface area (Å²) < 4.78 is 22.9. The molecule has 2 fully saturated rings. The summed E-state index contributed by atoms with van der Waals surface area (Å²) in [6.45, 7) is 2.90. The Kier molecular flexibility index (Phi) is 55.5. The van der Waals surface area contributed by atoms with Gasteiger partial charge in [0, 0.05) is 6.42 Å². The van der Waals surface area contributed by atoms with E-state index >= 15 is 0 Å². The molecule has 518 valence electrons. The summed E-state index contributed by atoms with van der Waals surface area (Å²) in [7, 11) is 0. The van der Waals surface area contributed by atoms with Crippen LogP contribution in [0, 0.1) is 0 Å². The number of rotatable bonds is 64. The molecule has 12 atom stereocenters. The monoisotopic (exact) mass is 1240 g/mol. The first-order valence-corrected chi connectivity index (χ1v) is 37.8. The smallest absolute Gasteiger partial charge is 0.220 e. The van der Waals surface area contributed by atoms with Crippen molar-refractivity contribution in [1.29, 1.82) is 0 Å². The first-order chi connectivity index (χ1) is 42.6. The summed E-state index contributed by atoms with van der Waals surface area (Å²) in [6.07, 6.45) is 54.7. The van der Waals surface area contributed by atoms with Crippen LogP contribution in [0.2, 0.25) is 0 Å². The minimum absolute atomic E-state index is 0.199. The fourth-order valence-corrected chi connectivity index (χ4v) is 13.1. The number of aliphatic hydroxyl groups is 8. The minimum Gasteiger partial charge on any atom is -0.394 e. The minimum atomic E-state index is -1.78. The van der Waals surface area contributed by atoms with E-state index in [1.807, 2.05) is 0 Å². The van der Waals surface area contributed by atoms with Crippen LogP contribution in [-0.2, 0) is 23.7 Å². The van der Waals surface area contributed by atoms with E-state index in [0.717, 1.165) is 51.4 Å². The molecule has 2 heterocycles. The molecule has 1 amide bonds. The average molecular weight is 1240 g/mol. The van der Waals surface area contributed by atoms with Gasteiger partial charge in [0.25, 0.3) is 0 Å². The molecule has 12 unspecified atom stereocenters. The number of nitrogens with one attached hydrogen (secondary N) is 1. The van der Waals surface area contributed by atoms with Gasteiger partial charge in [-0.25, -0.2) is 0 Å². The molecule has 0 saturated carbocycles. The van der Waals surface area contributed by atoms with Gasteiger partial charge in [-0.15, -0.1) is 0 Å². The zero-order chi connectivity index (χ0) is 63.1. The zero-order valence-electron chi connectivity index (χ0n) is 56.6. The largest absolute Gasteiger partial charge is 0.394 e. The maximum absolute atomic E-state index is 13.3. The van der Waals surface area contributed by atoms with E-state index in [9.17, 15) is 45.6 Å². The molecule has 87 heavy (non-hydrogen) atoms. The van der Waals surface area contributed by atoms with Crippen LogP contribution >= 0.6 is 0 Å². The summed E-state index contributed by atoms with van der Waals surface area (Å²) in [5.74, 6) is -0.199. The second-order valence-corrected chi connectivity index (χ2v) is 27.1. The van der Waals surface area contributed by atoms with Gasteiger partial charge < -0.3 is 65.1 Å². The third-order valence-corrected chi connectivity index (χ3v) is 19.1. The standard InChI is InChI=1S/C73H143NO13/c1-3-5-7-9-11-13-15-17-18-19-20-21-22-23-24-25-26-27-28-29-30-31-32-33-34-35-36-37-38-39-40-41-42-43-44-45-47-49-51-53-55-57-65(78)74-61(62(77)56-54-52-50-48-46-16-14-12-10-8-6-4-2)60-84-72-70(83)68(81)71(64(59-76)86-72)87-73-69(82)67(80)66(79)63(58-75)85-73/h61-64,66-73,75-77,79-83H,3-60H2,1-2H3,(H,74,78). The predicted octanol–water partition coefficient (Wildman–Crippen LogP) is 16.0. The van der Waals surface area contributed by atoms with Gasteiger partial charge in [0.05, 0.1) is 32.0 Å². The van der Waals surface area contributed by atoms with Crippen molar-refractivity contribution < 1.29 is 64.6 Å². The number of aliphatic hydroxyl groups excluding tert-OH is 8. The Morgan fingerprint density at radius 3 is 0.977 bits per heavy atom. The highest BCUT2D eigenvalue weighted by molar-refractivity contribution is 5.76. The maximum Gasteiger partial charge on any atom is 0.220 e. The van der Waals surface area contributed by atoms with Gasteiger partial charge in [0.2, 0.25) is 5.91 Å². The maximum atomic E-state index is 13.3. The normalized spacial score (nSPS) is 23.1. The van der Waals surface area contributed by atoms with E-state index in [2.05, 4.69) is 19.2 Å². The molecule has 0 aromatic heterocycles. The highest BCUT2D eigenvalue weighted by Crippen LogP contribution is 2.30. The van der Waals surface area contributed by atoms with Crippen LogP contribution in [0.5, 0.6) is 0 Å². The highest BCUT2D eigenvalue weighted by Gasteiger charge is 2.51. The van der Waals surface area contributed by atoms with Gasteiger partial charge >= 0.3 is 0 Å². The van der Waals surface area contributed by atoms with Crippen LogP contribution in [0.1, 0.15) is 367 Å². The lowest BCUT2D eigenvalue weighted by molar-refractivity contribution is -0.359. The highest BCUT2D eigenvalue weighted by atomic mass is 16.7. The quantitative estimate of drug-likeness (QED) is 0.0259. The summed E-state index contributed by atoms with van der Waals surface area (Å²) >= 11 is 0. The van der Waals surface area contributed by atoms with Crippen molar-refractivity contribution in [3.63, 3.8) is 0 Å². The van der Waals surface area contributed by atoms with Crippen LogP contribution in [0.3, 0.4) is 0 Å². The number of carbonyl (C=O) groups is 1. The molecule has 2 saturated heterocycles. The second kappa shape index (κ2) is 58.8. The van der Waals surface area contributed by atoms with Gasteiger partial charge in [-0.2, -0.15) is 0 Å². The van der Waals surface area contributed by atoms with Crippen LogP contribution in [-0.4, -0.2) is 140 Å². The van der Waals surface area contributed by atoms with Crippen molar-refractivity contribution in [2.45, 2.75) is 441 Å². The number of ether oxygens (including phenoxy) is 4. The van der Waals surface area contributed by atoms with E-state index in [0.29, 0.717) is 12.8 Å². The van der Waals surface area contributed by atoms with Gasteiger partial charge in [0.15, 0.2) is 12.6 Å². The van der Waals surface area contributed by atoms with E-state index in [4.69, 9.17) is 18.9 Å². The van der Waals surface area contributed by atoms with Gasteiger partial charge in [0.1, 0.15) is 48.8 Å². The average Bonchev–Trinajstić information content (AvgIpc) is 2.31. The molecule has 0 radical (unpaired) electrons. The second-order valence-electron chi connectivity index (χ2n) is 27.1. The Labute approximate surface area is 534 Å².